The molecule has 0 unspecified atom stereocenters. The van der Waals surface area contributed by atoms with E-state index in [4.69, 9.17) is 16.0 Å². The largest absolute Gasteiger partial charge is 0.456 e. The molecule has 2 aromatic heterocycles. The van der Waals surface area contributed by atoms with Crippen LogP contribution in [0.2, 0.25) is 5.02 Å². The van der Waals surface area contributed by atoms with Crippen molar-refractivity contribution in [2.24, 2.45) is 0 Å². The summed E-state index contributed by atoms with van der Waals surface area (Å²) >= 11 is 7.75. The lowest BCUT2D eigenvalue weighted by Gasteiger charge is -1.98. The van der Waals surface area contributed by atoms with E-state index in [9.17, 15) is 0 Å². The highest BCUT2D eigenvalue weighted by Gasteiger charge is 2.06. The maximum absolute atomic E-state index is 6.05. The van der Waals surface area contributed by atoms with Crippen LogP contribution in [-0.4, -0.2) is 4.98 Å². The first-order valence-corrected chi connectivity index (χ1v) is 9.77. The molecule has 130 valence electrons. The molecule has 2 nitrogen and oxygen atoms in total. The number of aromatic nitrogens is 1. The van der Waals surface area contributed by atoms with Gasteiger partial charge in [0.05, 0.1) is 10.2 Å². The van der Waals surface area contributed by atoms with Crippen LogP contribution in [0.15, 0.2) is 77.2 Å². The van der Waals surface area contributed by atoms with Crippen LogP contribution in [0.5, 0.6) is 0 Å². The number of thiazole rings is 1. The third-order valence-corrected chi connectivity index (χ3v) is 5.64. The predicted octanol–water partition coefficient (Wildman–Crippen LogP) is 7.53. The van der Waals surface area contributed by atoms with Crippen LogP contribution in [-0.2, 0) is 0 Å². The second-order valence-electron chi connectivity index (χ2n) is 6.27. The Hall–Kier alpha value is -2.88. The second-order valence-corrected chi connectivity index (χ2v) is 7.77. The Balaban J connectivity index is 1.40. The summed E-state index contributed by atoms with van der Waals surface area (Å²) in [7, 11) is 0. The lowest BCUT2D eigenvalue weighted by Crippen LogP contribution is -1.75. The molecule has 0 spiro atoms. The average molecular weight is 388 g/mol. The minimum Gasteiger partial charge on any atom is -0.456 e. The third-order valence-electron chi connectivity index (χ3n) is 4.40. The van der Waals surface area contributed by atoms with Gasteiger partial charge >= 0.3 is 0 Å². The molecule has 0 amide bonds. The standard InChI is InChI=1S/C23H14ClNOS/c24-18-10-11-20-17(13-18)14-21(26-20)16-8-5-15(6-9-16)7-12-23-25-19-3-1-2-4-22(19)27-23/h1-14H. The van der Waals surface area contributed by atoms with E-state index in [2.05, 4.69) is 47.5 Å². The van der Waals surface area contributed by atoms with Gasteiger partial charge in [0.1, 0.15) is 16.4 Å². The number of fused-ring (bicyclic) bond motifs is 2. The Morgan fingerprint density at radius 3 is 2.59 bits per heavy atom. The molecular weight excluding hydrogens is 374 g/mol. The number of hydrogen-bond donors (Lipinski definition) is 0. The fraction of sp³-hybridized carbons (Fsp3) is 0. The Labute approximate surface area is 165 Å². The van der Waals surface area contributed by atoms with Crippen molar-refractivity contribution >= 4 is 56.3 Å². The molecular formula is C23H14ClNOS. The normalized spacial score (nSPS) is 11.7. The van der Waals surface area contributed by atoms with Crippen molar-refractivity contribution in [1.82, 2.24) is 4.98 Å². The zero-order chi connectivity index (χ0) is 18.2. The Morgan fingerprint density at radius 2 is 1.74 bits per heavy atom. The molecule has 0 aliphatic rings. The fourth-order valence-electron chi connectivity index (χ4n) is 3.04. The smallest absolute Gasteiger partial charge is 0.135 e. The molecule has 2 heterocycles. The second kappa shape index (κ2) is 6.69. The number of nitrogens with zero attached hydrogens (tertiary/aromatic N) is 1. The van der Waals surface area contributed by atoms with E-state index in [0.717, 1.165) is 38.4 Å². The van der Waals surface area contributed by atoms with Crippen molar-refractivity contribution in [1.29, 1.82) is 0 Å². The Morgan fingerprint density at radius 1 is 0.889 bits per heavy atom. The summed E-state index contributed by atoms with van der Waals surface area (Å²) in [6.07, 6.45) is 4.14. The van der Waals surface area contributed by atoms with Gasteiger partial charge in [0.15, 0.2) is 0 Å². The zero-order valence-corrected chi connectivity index (χ0v) is 15.8. The van der Waals surface area contributed by atoms with Gasteiger partial charge in [-0.05, 0) is 48.0 Å². The highest BCUT2D eigenvalue weighted by Crippen LogP contribution is 2.30. The Kier molecular flexibility index (Phi) is 4.04. The summed E-state index contributed by atoms with van der Waals surface area (Å²) in [5, 5.41) is 2.73. The van der Waals surface area contributed by atoms with Gasteiger partial charge in [-0.1, -0.05) is 54.1 Å². The molecule has 0 radical (unpaired) electrons. The van der Waals surface area contributed by atoms with E-state index in [1.807, 2.05) is 42.5 Å². The van der Waals surface area contributed by atoms with Crippen LogP contribution < -0.4 is 0 Å². The van der Waals surface area contributed by atoms with Crippen LogP contribution in [0.3, 0.4) is 0 Å². The van der Waals surface area contributed by atoms with Crippen LogP contribution in [0.4, 0.5) is 0 Å². The van der Waals surface area contributed by atoms with E-state index in [1.165, 1.54) is 4.70 Å². The van der Waals surface area contributed by atoms with Crippen LogP contribution in [0.1, 0.15) is 10.6 Å². The van der Waals surface area contributed by atoms with Gasteiger partial charge in [-0.25, -0.2) is 4.98 Å². The number of benzene rings is 3. The summed E-state index contributed by atoms with van der Waals surface area (Å²) in [6.45, 7) is 0. The lowest BCUT2D eigenvalue weighted by atomic mass is 10.1. The van der Waals surface area contributed by atoms with Gasteiger partial charge in [-0.3, -0.25) is 0 Å². The third kappa shape index (κ3) is 3.27. The Bertz CT molecular complexity index is 1250. The van der Waals surface area contributed by atoms with Gasteiger partial charge in [0.25, 0.3) is 0 Å². The summed E-state index contributed by atoms with van der Waals surface area (Å²) in [6, 6.07) is 24.2. The van der Waals surface area contributed by atoms with E-state index in [1.54, 1.807) is 11.3 Å². The fourth-order valence-corrected chi connectivity index (χ4v) is 4.09. The molecule has 4 heteroatoms. The maximum atomic E-state index is 6.05. The molecule has 0 atom stereocenters. The number of hydrogen-bond acceptors (Lipinski definition) is 3. The number of rotatable bonds is 3. The van der Waals surface area contributed by atoms with E-state index < -0.39 is 0 Å². The van der Waals surface area contributed by atoms with Gasteiger partial charge in [-0.2, -0.15) is 0 Å². The summed E-state index contributed by atoms with van der Waals surface area (Å²) in [5.74, 6) is 0.842. The predicted molar refractivity (Wildman–Crippen MR) is 115 cm³/mol. The summed E-state index contributed by atoms with van der Waals surface area (Å²) in [5.41, 5.74) is 4.05. The van der Waals surface area contributed by atoms with Crippen molar-refractivity contribution in [3.05, 3.63) is 88.4 Å². The van der Waals surface area contributed by atoms with E-state index >= 15 is 0 Å². The molecule has 0 saturated carbocycles. The highest BCUT2D eigenvalue weighted by molar-refractivity contribution is 7.19. The summed E-state index contributed by atoms with van der Waals surface area (Å²) in [4.78, 5) is 4.63. The first kappa shape index (κ1) is 16.3. The first-order chi connectivity index (χ1) is 13.2. The number of para-hydroxylation sites is 1. The molecule has 0 aliphatic carbocycles. The molecule has 3 aromatic carbocycles. The van der Waals surface area contributed by atoms with Crippen LogP contribution >= 0.6 is 22.9 Å². The van der Waals surface area contributed by atoms with Crippen LogP contribution in [0, 0.1) is 0 Å². The van der Waals surface area contributed by atoms with Crippen LogP contribution in [0.25, 0.3) is 44.7 Å². The van der Waals surface area contributed by atoms with E-state index in [0.29, 0.717) is 5.02 Å². The molecule has 5 aromatic rings. The topological polar surface area (TPSA) is 26.0 Å². The van der Waals surface area contributed by atoms with Crippen molar-refractivity contribution in [3.63, 3.8) is 0 Å². The maximum Gasteiger partial charge on any atom is 0.135 e. The first-order valence-electron chi connectivity index (χ1n) is 8.58. The molecule has 0 saturated heterocycles. The van der Waals surface area contributed by atoms with Crippen molar-refractivity contribution in [2.45, 2.75) is 0 Å². The summed E-state index contributed by atoms with van der Waals surface area (Å²) < 4.78 is 7.13. The van der Waals surface area contributed by atoms with Gasteiger partial charge in [-0.15, -0.1) is 11.3 Å². The lowest BCUT2D eigenvalue weighted by molar-refractivity contribution is 0.631. The SMILES string of the molecule is Clc1ccc2oc(-c3ccc(C=Cc4nc5ccccc5s4)cc3)cc2c1. The zero-order valence-electron chi connectivity index (χ0n) is 14.2. The quantitative estimate of drug-likeness (QED) is 0.319. The molecule has 0 aliphatic heterocycles. The van der Waals surface area contributed by atoms with Crippen molar-refractivity contribution in [2.75, 3.05) is 0 Å². The number of furan rings is 1. The molecule has 0 fully saturated rings. The highest BCUT2D eigenvalue weighted by atomic mass is 35.5. The van der Waals surface area contributed by atoms with Gasteiger partial charge < -0.3 is 4.42 Å². The monoisotopic (exact) mass is 387 g/mol. The molecule has 5 rings (SSSR count). The minimum absolute atomic E-state index is 0.713. The average Bonchev–Trinajstić information content (AvgIpc) is 3.30. The van der Waals surface area contributed by atoms with Gasteiger partial charge in [0, 0.05) is 16.0 Å². The van der Waals surface area contributed by atoms with E-state index in [-0.39, 0.29) is 0 Å². The molecule has 27 heavy (non-hydrogen) atoms. The van der Waals surface area contributed by atoms with Gasteiger partial charge in [0.2, 0.25) is 0 Å². The van der Waals surface area contributed by atoms with Crippen molar-refractivity contribution in [3.8, 4) is 11.3 Å². The van der Waals surface area contributed by atoms with Crippen molar-refractivity contribution < 1.29 is 4.42 Å². The minimum atomic E-state index is 0.713. The number of halogens is 1. The molecule has 0 bridgehead atoms. The molecule has 0 N–H and O–H groups in total.